The number of nitrogens with one attached hydrogen (secondary N) is 2. The van der Waals surface area contributed by atoms with Gasteiger partial charge in [-0.15, -0.1) is 0 Å². The maximum absolute atomic E-state index is 12.2. The molecule has 0 aliphatic carbocycles. The highest BCUT2D eigenvalue weighted by Gasteiger charge is 2.12. The minimum Gasteiger partial charge on any atom is -0.351 e. The molecule has 0 saturated heterocycles. The zero-order chi connectivity index (χ0) is 16.2. The Morgan fingerprint density at radius 2 is 1.96 bits per heavy atom. The van der Waals surface area contributed by atoms with Crippen molar-refractivity contribution in [3.8, 4) is 0 Å². The van der Waals surface area contributed by atoms with Gasteiger partial charge in [-0.05, 0) is 36.6 Å². The molecule has 3 rings (SSSR count). The molecule has 0 fully saturated rings. The fourth-order valence-electron chi connectivity index (χ4n) is 2.41. The number of hydrogen-bond donors (Lipinski definition) is 2. The van der Waals surface area contributed by atoms with Gasteiger partial charge in [0.1, 0.15) is 0 Å². The van der Waals surface area contributed by atoms with E-state index in [0.717, 1.165) is 29.3 Å². The van der Waals surface area contributed by atoms with E-state index >= 15 is 0 Å². The largest absolute Gasteiger partial charge is 0.351 e. The van der Waals surface area contributed by atoms with Crippen LogP contribution in [-0.4, -0.2) is 22.6 Å². The standard InChI is InChI=1S/C17H15Cl2N3O/c18-13-8-7-11(10-14(13)19)4-3-9-20-17(23)16-12-5-1-2-6-15(12)21-22-16/h1-2,5-8,10H,3-4,9H2,(H,20,23)(H,21,22). The number of aromatic amines is 1. The zero-order valence-corrected chi connectivity index (χ0v) is 13.8. The van der Waals surface area contributed by atoms with Crippen molar-refractivity contribution in [3.63, 3.8) is 0 Å². The number of rotatable bonds is 5. The molecule has 23 heavy (non-hydrogen) atoms. The summed E-state index contributed by atoms with van der Waals surface area (Å²) in [5, 5.41) is 11.8. The second-order valence-corrected chi connectivity index (χ2v) is 6.04. The minimum absolute atomic E-state index is 0.170. The van der Waals surface area contributed by atoms with E-state index in [1.807, 2.05) is 36.4 Å². The highest BCUT2D eigenvalue weighted by Crippen LogP contribution is 2.23. The van der Waals surface area contributed by atoms with Gasteiger partial charge in [0.2, 0.25) is 0 Å². The molecule has 6 heteroatoms. The first-order valence-electron chi connectivity index (χ1n) is 7.30. The van der Waals surface area contributed by atoms with Crippen molar-refractivity contribution < 1.29 is 4.79 Å². The van der Waals surface area contributed by atoms with Gasteiger partial charge < -0.3 is 5.32 Å². The summed E-state index contributed by atoms with van der Waals surface area (Å²) in [6.07, 6.45) is 1.63. The number of H-pyrrole nitrogens is 1. The van der Waals surface area contributed by atoms with E-state index in [2.05, 4.69) is 15.5 Å². The first kappa shape index (κ1) is 15.8. The van der Waals surface area contributed by atoms with Gasteiger partial charge in [-0.25, -0.2) is 0 Å². The van der Waals surface area contributed by atoms with Gasteiger partial charge in [0.15, 0.2) is 5.69 Å². The Balaban J connectivity index is 1.54. The summed E-state index contributed by atoms with van der Waals surface area (Å²) in [4.78, 5) is 12.2. The van der Waals surface area contributed by atoms with Crippen LogP contribution in [-0.2, 0) is 6.42 Å². The molecule has 0 radical (unpaired) electrons. The van der Waals surface area contributed by atoms with Gasteiger partial charge in [0.05, 0.1) is 15.6 Å². The van der Waals surface area contributed by atoms with Crippen molar-refractivity contribution in [2.24, 2.45) is 0 Å². The number of para-hydroxylation sites is 1. The number of amides is 1. The van der Waals surface area contributed by atoms with E-state index in [-0.39, 0.29) is 5.91 Å². The molecule has 1 heterocycles. The van der Waals surface area contributed by atoms with Crippen LogP contribution in [0.15, 0.2) is 42.5 Å². The molecule has 3 aromatic rings. The molecule has 4 nitrogen and oxygen atoms in total. The zero-order valence-electron chi connectivity index (χ0n) is 12.3. The molecule has 0 spiro atoms. The Hall–Kier alpha value is -2.04. The third kappa shape index (κ3) is 3.66. The Bertz CT molecular complexity index is 845. The highest BCUT2D eigenvalue weighted by atomic mass is 35.5. The first-order chi connectivity index (χ1) is 11.1. The van der Waals surface area contributed by atoms with Crippen molar-refractivity contribution in [1.29, 1.82) is 0 Å². The Morgan fingerprint density at radius 3 is 2.78 bits per heavy atom. The van der Waals surface area contributed by atoms with Crippen LogP contribution in [0.2, 0.25) is 10.0 Å². The molecule has 0 aliphatic rings. The van der Waals surface area contributed by atoms with Gasteiger partial charge in [-0.3, -0.25) is 9.89 Å². The summed E-state index contributed by atoms with van der Waals surface area (Å²) in [5.74, 6) is -0.170. The molecule has 2 N–H and O–H groups in total. The SMILES string of the molecule is O=C(NCCCc1ccc(Cl)c(Cl)c1)c1n[nH]c2ccccc12. The number of aromatic nitrogens is 2. The quantitative estimate of drug-likeness (QED) is 0.678. The summed E-state index contributed by atoms with van der Waals surface area (Å²) in [6, 6.07) is 13.1. The summed E-state index contributed by atoms with van der Waals surface area (Å²) < 4.78 is 0. The fourth-order valence-corrected chi connectivity index (χ4v) is 2.73. The van der Waals surface area contributed by atoms with Crippen molar-refractivity contribution in [2.75, 3.05) is 6.54 Å². The topological polar surface area (TPSA) is 57.8 Å². The summed E-state index contributed by atoms with van der Waals surface area (Å²) in [6.45, 7) is 0.570. The number of aryl methyl sites for hydroxylation is 1. The van der Waals surface area contributed by atoms with Crippen molar-refractivity contribution in [3.05, 3.63) is 63.8 Å². The molecular formula is C17H15Cl2N3O. The Kier molecular flexibility index (Phi) is 4.84. The Morgan fingerprint density at radius 1 is 1.13 bits per heavy atom. The van der Waals surface area contributed by atoms with E-state index in [9.17, 15) is 4.79 Å². The second kappa shape index (κ2) is 7.02. The third-order valence-corrected chi connectivity index (χ3v) is 4.34. The van der Waals surface area contributed by atoms with Crippen LogP contribution in [0.3, 0.4) is 0 Å². The lowest BCUT2D eigenvalue weighted by molar-refractivity contribution is 0.0950. The van der Waals surface area contributed by atoms with Crippen LogP contribution in [0, 0.1) is 0 Å². The van der Waals surface area contributed by atoms with Gasteiger partial charge in [-0.1, -0.05) is 47.5 Å². The number of nitrogens with zero attached hydrogens (tertiary/aromatic N) is 1. The van der Waals surface area contributed by atoms with Gasteiger partial charge >= 0.3 is 0 Å². The number of carbonyl (C=O) groups excluding carboxylic acids is 1. The number of benzene rings is 2. The maximum Gasteiger partial charge on any atom is 0.272 e. The lowest BCUT2D eigenvalue weighted by Crippen LogP contribution is -2.25. The average molecular weight is 348 g/mol. The molecule has 0 unspecified atom stereocenters. The van der Waals surface area contributed by atoms with Gasteiger partial charge in [0.25, 0.3) is 5.91 Å². The molecule has 0 bridgehead atoms. The lowest BCUT2D eigenvalue weighted by atomic mass is 10.1. The fraction of sp³-hybridized carbons (Fsp3) is 0.176. The van der Waals surface area contributed by atoms with E-state index in [0.29, 0.717) is 22.3 Å². The predicted octanol–water partition coefficient (Wildman–Crippen LogP) is 4.23. The monoisotopic (exact) mass is 347 g/mol. The molecule has 2 aromatic carbocycles. The van der Waals surface area contributed by atoms with E-state index in [4.69, 9.17) is 23.2 Å². The maximum atomic E-state index is 12.2. The highest BCUT2D eigenvalue weighted by molar-refractivity contribution is 6.42. The molecular weight excluding hydrogens is 333 g/mol. The number of hydrogen-bond acceptors (Lipinski definition) is 2. The van der Waals surface area contributed by atoms with Crippen LogP contribution in [0.5, 0.6) is 0 Å². The second-order valence-electron chi connectivity index (χ2n) is 5.23. The lowest BCUT2D eigenvalue weighted by Gasteiger charge is -2.05. The molecule has 0 saturated carbocycles. The van der Waals surface area contributed by atoms with E-state index in [1.54, 1.807) is 6.07 Å². The van der Waals surface area contributed by atoms with Crippen LogP contribution >= 0.6 is 23.2 Å². The smallest absolute Gasteiger partial charge is 0.272 e. The Labute approximate surface area is 143 Å². The third-order valence-electron chi connectivity index (χ3n) is 3.60. The van der Waals surface area contributed by atoms with Gasteiger partial charge in [-0.2, -0.15) is 5.10 Å². The summed E-state index contributed by atoms with van der Waals surface area (Å²) >= 11 is 11.9. The van der Waals surface area contributed by atoms with E-state index in [1.165, 1.54) is 0 Å². The van der Waals surface area contributed by atoms with Crippen LogP contribution in [0.1, 0.15) is 22.5 Å². The van der Waals surface area contributed by atoms with E-state index < -0.39 is 0 Å². The van der Waals surface area contributed by atoms with Crippen molar-refractivity contribution >= 4 is 40.0 Å². The molecule has 118 valence electrons. The number of halogens is 2. The van der Waals surface area contributed by atoms with Crippen LogP contribution < -0.4 is 5.32 Å². The van der Waals surface area contributed by atoms with Crippen LogP contribution in [0.25, 0.3) is 10.9 Å². The van der Waals surface area contributed by atoms with Crippen LogP contribution in [0.4, 0.5) is 0 Å². The molecule has 0 aliphatic heterocycles. The first-order valence-corrected chi connectivity index (χ1v) is 8.06. The normalized spacial score (nSPS) is 10.9. The molecule has 1 amide bonds. The summed E-state index contributed by atoms with van der Waals surface area (Å²) in [7, 11) is 0. The van der Waals surface area contributed by atoms with Crippen molar-refractivity contribution in [1.82, 2.24) is 15.5 Å². The summed E-state index contributed by atoms with van der Waals surface area (Å²) in [5.41, 5.74) is 2.38. The van der Waals surface area contributed by atoms with Crippen molar-refractivity contribution in [2.45, 2.75) is 12.8 Å². The van der Waals surface area contributed by atoms with Gasteiger partial charge in [0, 0.05) is 11.9 Å². The predicted molar refractivity (Wildman–Crippen MR) is 93.2 cm³/mol. The molecule has 1 aromatic heterocycles. The number of fused-ring (bicyclic) bond motifs is 1. The molecule has 0 atom stereocenters. The average Bonchev–Trinajstić information content (AvgIpc) is 2.99. The minimum atomic E-state index is -0.170. The number of carbonyl (C=O) groups is 1.